The van der Waals surface area contributed by atoms with E-state index >= 15 is 0 Å². The molecule has 2 aromatic rings. The minimum absolute atomic E-state index is 0.0269. The van der Waals surface area contributed by atoms with Gasteiger partial charge in [-0.15, -0.1) is 0 Å². The lowest BCUT2D eigenvalue weighted by Crippen LogP contribution is -2.39. The van der Waals surface area contributed by atoms with Crippen molar-refractivity contribution in [2.24, 2.45) is 5.73 Å². The van der Waals surface area contributed by atoms with E-state index in [2.05, 4.69) is 0 Å². The lowest BCUT2D eigenvalue weighted by Gasteiger charge is -2.10. The van der Waals surface area contributed by atoms with E-state index in [4.69, 9.17) is 17.3 Å². The molecule has 0 fully saturated rings. The first kappa shape index (κ1) is 15.5. The van der Waals surface area contributed by atoms with E-state index in [9.17, 15) is 14.0 Å². The molecular formula is C14H15ClFN3O2. The van der Waals surface area contributed by atoms with Crippen LogP contribution in [0.1, 0.15) is 12.0 Å². The molecule has 1 aromatic carbocycles. The van der Waals surface area contributed by atoms with Gasteiger partial charge < -0.3 is 5.73 Å². The molecule has 0 saturated heterocycles. The minimum atomic E-state index is -0.543. The average molecular weight is 312 g/mol. The van der Waals surface area contributed by atoms with Crippen LogP contribution in [0.15, 0.2) is 40.1 Å². The summed E-state index contributed by atoms with van der Waals surface area (Å²) in [5, 5.41) is 0.0269. The highest BCUT2D eigenvalue weighted by molar-refractivity contribution is 6.30. The number of aromatic nitrogens is 2. The number of nitrogens with zero attached hydrogens (tertiary/aromatic N) is 2. The number of benzene rings is 1. The molecule has 0 unspecified atom stereocenters. The van der Waals surface area contributed by atoms with E-state index in [1.165, 1.54) is 29.0 Å². The number of nitrogens with two attached hydrogens (primary N) is 1. The largest absolute Gasteiger partial charge is 0.331 e. The molecule has 2 N–H and O–H groups in total. The lowest BCUT2D eigenvalue weighted by molar-refractivity contribution is 0.553. The van der Waals surface area contributed by atoms with E-state index in [0.29, 0.717) is 18.5 Å². The molecule has 0 aliphatic heterocycles. The predicted octanol–water partition coefficient (Wildman–Crippen LogP) is 1.20. The third-order valence-corrected chi connectivity index (χ3v) is 3.37. The van der Waals surface area contributed by atoms with Crippen LogP contribution < -0.4 is 17.0 Å². The summed E-state index contributed by atoms with van der Waals surface area (Å²) < 4.78 is 15.9. The van der Waals surface area contributed by atoms with Gasteiger partial charge in [0.2, 0.25) is 0 Å². The molecule has 21 heavy (non-hydrogen) atoms. The monoisotopic (exact) mass is 311 g/mol. The van der Waals surface area contributed by atoms with E-state index in [0.717, 1.165) is 4.57 Å². The van der Waals surface area contributed by atoms with Crippen LogP contribution in [0.5, 0.6) is 0 Å². The van der Waals surface area contributed by atoms with Gasteiger partial charge in [0.25, 0.3) is 5.56 Å². The van der Waals surface area contributed by atoms with Crippen molar-refractivity contribution in [1.29, 1.82) is 0 Å². The van der Waals surface area contributed by atoms with Crippen LogP contribution >= 0.6 is 11.6 Å². The Morgan fingerprint density at radius 1 is 1.24 bits per heavy atom. The number of halogens is 2. The second-order valence-electron chi connectivity index (χ2n) is 4.61. The summed E-state index contributed by atoms with van der Waals surface area (Å²) in [7, 11) is 0. The van der Waals surface area contributed by atoms with Crippen LogP contribution in [0.2, 0.25) is 5.02 Å². The first-order chi connectivity index (χ1) is 10.0. The van der Waals surface area contributed by atoms with Gasteiger partial charge in [0.15, 0.2) is 0 Å². The molecule has 7 heteroatoms. The van der Waals surface area contributed by atoms with Gasteiger partial charge in [-0.25, -0.2) is 9.18 Å². The molecule has 0 saturated carbocycles. The number of hydrogen-bond acceptors (Lipinski definition) is 3. The highest BCUT2D eigenvalue weighted by Gasteiger charge is 2.07. The van der Waals surface area contributed by atoms with Gasteiger partial charge in [0, 0.05) is 18.8 Å². The van der Waals surface area contributed by atoms with Crippen LogP contribution in [0, 0.1) is 5.82 Å². The molecule has 0 bridgehead atoms. The van der Waals surface area contributed by atoms with Crippen molar-refractivity contribution in [1.82, 2.24) is 9.13 Å². The Morgan fingerprint density at radius 2 is 2.00 bits per heavy atom. The van der Waals surface area contributed by atoms with Gasteiger partial charge in [0.05, 0.1) is 11.6 Å². The molecule has 1 heterocycles. The Labute approximate surface area is 125 Å². The smallest absolute Gasteiger partial charge is 0.330 e. The third kappa shape index (κ3) is 3.59. The van der Waals surface area contributed by atoms with E-state index < -0.39 is 11.5 Å². The van der Waals surface area contributed by atoms with Crippen LogP contribution in [0.25, 0.3) is 0 Å². The lowest BCUT2D eigenvalue weighted by atomic mass is 10.2. The molecule has 0 aliphatic rings. The first-order valence-electron chi connectivity index (χ1n) is 6.47. The number of rotatable bonds is 5. The second kappa shape index (κ2) is 6.69. The first-order valence-corrected chi connectivity index (χ1v) is 6.85. The molecule has 0 aliphatic carbocycles. The zero-order valence-electron chi connectivity index (χ0n) is 11.3. The summed E-state index contributed by atoms with van der Waals surface area (Å²) in [5.74, 6) is -0.543. The number of hydrogen-bond donors (Lipinski definition) is 1. The van der Waals surface area contributed by atoms with Crippen molar-refractivity contribution in [2.45, 2.75) is 19.5 Å². The van der Waals surface area contributed by atoms with Gasteiger partial charge in [0.1, 0.15) is 5.82 Å². The van der Waals surface area contributed by atoms with E-state index in [-0.39, 0.29) is 23.7 Å². The highest BCUT2D eigenvalue weighted by atomic mass is 35.5. The van der Waals surface area contributed by atoms with Crippen LogP contribution in [-0.2, 0) is 13.1 Å². The molecule has 0 spiro atoms. The Kier molecular flexibility index (Phi) is 4.93. The third-order valence-electron chi connectivity index (χ3n) is 3.06. The fourth-order valence-electron chi connectivity index (χ4n) is 1.97. The van der Waals surface area contributed by atoms with Crippen molar-refractivity contribution in [3.05, 3.63) is 67.7 Å². The predicted molar refractivity (Wildman–Crippen MR) is 79.1 cm³/mol. The summed E-state index contributed by atoms with van der Waals surface area (Å²) >= 11 is 5.62. The maximum Gasteiger partial charge on any atom is 0.331 e. The molecule has 1 aromatic heterocycles. The molecule has 5 nitrogen and oxygen atoms in total. The summed E-state index contributed by atoms with van der Waals surface area (Å²) in [6.45, 7) is 0.822. The summed E-state index contributed by atoms with van der Waals surface area (Å²) in [6, 6.07) is 5.64. The average Bonchev–Trinajstić information content (AvgIpc) is 2.46. The van der Waals surface area contributed by atoms with Gasteiger partial charge in [-0.1, -0.05) is 17.7 Å². The van der Waals surface area contributed by atoms with Gasteiger partial charge in [-0.3, -0.25) is 13.9 Å². The molecule has 112 valence electrons. The van der Waals surface area contributed by atoms with E-state index in [1.807, 2.05) is 0 Å². The van der Waals surface area contributed by atoms with Crippen LogP contribution in [0.4, 0.5) is 4.39 Å². The zero-order valence-corrected chi connectivity index (χ0v) is 12.0. The summed E-state index contributed by atoms with van der Waals surface area (Å²) in [6.07, 6.45) is 1.94. The fraction of sp³-hybridized carbons (Fsp3) is 0.286. The van der Waals surface area contributed by atoms with Crippen molar-refractivity contribution in [3.63, 3.8) is 0 Å². The highest BCUT2D eigenvalue weighted by Crippen LogP contribution is 2.15. The van der Waals surface area contributed by atoms with Gasteiger partial charge in [-0.05, 0) is 30.7 Å². The molecule has 2 rings (SSSR count). The van der Waals surface area contributed by atoms with Crippen LogP contribution in [-0.4, -0.2) is 15.7 Å². The Balaban J connectivity index is 2.34. The molecule has 0 atom stereocenters. The molecule has 0 amide bonds. The zero-order chi connectivity index (χ0) is 15.4. The SMILES string of the molecule is NCCCn1c(=O)ccn(Cc2ccc(Cl)c(F)c2)c1=O. The van der Waals surface area contributed by atoms with Crippen molar-refractivity contribution in [3.8, 4) is 0 Å². The Bertz CT molecular complexity index is 755. The normalized spacial score (nSPS) is 10.8. The Hall–Kier alpha value is -1.92. The second-order valence-corrected chi connectivity index (χ2v) is 5.01. The quantitative estimate of drug-likeness (QED) is 0.902. The minimum Gasteiger partial charge on any atom is -0.330 e. The van der Waals surface area contributed by atoms with E-state index in [1.54, 1.807) is 6.07 Å². The summed E-state index contributed by atoms with van der Waals surface area (Å²) in [4.78, 5) is 23.9. The maximum absolute atomic E-state index is 13.4. The van der Waals surface area contributed by atoms with Gasteiger partial charge in [-0.2, -0.15) is 0 Å². The van der Waals surface area contributed by atoms with Crippen LogP contribution in [0.3, 0.4) is 0 Å². The van der Waals surface area contributed by atoms with Crippen molar-refractivity contribution < 1.29 is 4.39 Å². The fourth-order valence-corrected chi connectivity index (χ4v) is 2.08. The Morgan fingerprint density at radius 3 is 2.67 bits per heavy atom. The topological polar surface area (TPSA) is 70.0 Å². The maximum atomic E-state index is 13.4. The van der Waals surface area contributed by atoms with Crippen molar-refractivity contribution >= 4 is 11.6 Å². The molecular weight excluding hydrogens is 297 g/mol. The molecule has 0 radical (unpaired) electrons. The standard InChI is InChI=1S/C14H15ClFN3O2/c15-11-3-2-10(8-12(11)16)9-18-7-4-13(20)19(14(18)21)6-1-5-17/h2-4,7-8H,1,5-6,9,17H2. The van der Waals surface area contributed by atoms with Gasteiger partial charge >= 0.3 is 5.69 Å². The van der Waals surface area contributed by atoms with Crippen molar-refractivity contribution in [2.75, 3.05) is 6.54 Å². The summed E-state index contributed by atoms with van der Waals surface area (Å²) in [5.41, 5.74) is 5.17.